The Balaban J connectivity index is 2.12. The van der Waals surface area contributed by atoms with Gasteiger partial charge in [0, 0.05) is 16.5 Å². The molecule has 1 saturated heterocycles. The van der Waals surface area contributed by atoms with Crippen LogP contribution in [-0.2, 0) is 9.31 Å². The summed E-state index contributed by atoms with van der Waals surface area (Å²) in [5, 5.41) is 3.78. The van der Waals surface area contributed by atoms with E-state index >= 15 is 0 Å². The van der Waals surface area contributed by atoms with E-state index in [9.17, 15) is 0 Å². The van der Waals surface area contributed by atoms with Gasteiger partial charge in [-0.2, -0.15) is 5.10 Å². The molecule has 0 atom stereocenters. The zero-order chi connectivity index (χ0) is 21.2. The Kier molecular flexibility index (Phi) is 1.78. The predicted molar refractivity (Wildman–Crippen MR) is 79.6 cm³/mol. The van der Waals surface area contributed by atoms with Crippen molar-refractivity contribution in [2.75, 3.05) is 0 Å². The summed E-state index contributed by atoms with van der Waals surface area (Å²) in [7, 11) is -1.04. The zero-order valence-electron chi connectivity index (χ0n) is 19.2. The van der Waals surface area contributed by atoms with E-state index in [0.717, 1.165) is 4.68 Å². The lowest BCUT2D eigenvalue weighted by atomic mass is 9.85. The molecule has 110 valence electrons. The van der Waals surface area contributed by atoms with Gasteiger partial charge in [-0.05, 0) is 40.6 Å². The molecule has 21 heavy (non-hydrogen) atoms. The molecule has 1 fully saturated rings. The maximum Gasteiger partial charge on any atom is 0.516 e. The van der Waals surface area contributed by atoms with Crippen molar-refractivity contribution in [3.05, 3.63) is 30.3 Å². The molecule has 0 aliphatic carbocycles. The summed E-state index contributed by atoms with van der Waals surface area (Å²) < 4.78 is 66.7. The van der Waals surface area contributed by atoms with Gasteiger partial charge in [0.1, 0.15) is 0 Å². The van der Waals surface area contributed by atoms with Crippen LogP contribution in [-0.4, -0.2) is 38.1 Å². The molecule has 0 amide bonds. The van der Waals surface area contributed by atoms with Crippen molar-refractivity contribution in [2.45, 2.75) is 45.7 Å². The minimum absolute atomic E-state index is 0.0264. The molecular weight excluding hydrogens is 267 g/mol. The first-order chi connectivity index (χ1) is 12.7. The fraction of sp³-hybridized carbons (Fsp3) is 0.500. The van der Waals surface area contributed by atoms with Crippen molar-refractivity contribution in [1.29, 1.82) is 0 Å². The molecule has 0 radical (unpaired) electrons. The highest BCUT2D eigenvalue weighted by Crippen LogP contribution is 2.36. The van der Waals surface area contributed by atoms with Gasteiger partial charge in [-0.1, -0.05) is 0 Å². The highest BCUT2D eigenvalue weighted by atomic mass is 16.7. The third kappa shape index (κ3) is 2.47. The smallest absolute Gasteiger partial charge is 0.398 e. The van der Waals surface area contributed by atoms with Crippen LogP contribution < -0.4 is 5.59 Å². The molecule has 3 heterocycles. The van der Waals surface area contributed by atoms with E-state index in [-0.39, 0.29) is 17.6 Å². The third-order valence-electron chi connectivity index (χ3n) is 3.71. The van der Waals surface area contributed by atoms with Crippen molar-refractivity contribution in [2.24, 2.45) is 0 Å². The number of hydrogen-bond acceptors (Lipinski definition) is 5. The van der Waals surface area contributed by atoms with E-state index in [1.165, 1.54) is 0 Å². The van der Waals surface area contributed by atoms with Crippen molar-refractivity contribution in [3.63, 3.8) is 0 Å². The topological polar surface area (TPSA) is 62.1 Å². The number of rotatable bonds is 2. The first kappa shape index (κ1) is 8.05. The highest BCUT2D eigenvalue weighted by Gasteiger charge is 2.52. The Hall–Kier alpha value is -1.73. The lowest BCUT2D eigenvalue weighted by molar-refractivity contribution is 0.00578. The van der Waals surface area contributed by atoms with Crippen LogP contribution in [0.5, 0.6) is 0 Å². The van der Waals surface area contributed by atoms with Gasteiger partial charge in [0.15, 0.2) is 5.82 Å². The summed E-state index contributed by atoms with van der Waals surface area (Å²) in [5.41, 5.74) is -1.99. The standard InChI is InChI=1S/C14H19BN4O2/c1-10-6-7-19(18-10)12-9-16-8-11(17-12)15-20-13(2,3)14(4,5)21-15/h6-9H,1-5H3/i1D3,6D,7D,8D,9D. The van der Waals surface area contributed by atoms with Crippen LogP contribution in [0.2, 0.25) is 0 Å². The van der Waals surface area contributed by atoms with Crippen molar-refractivity contribution in [3.8, 4) is 5.82 Å². The third-order valence-corrected chi connectivity index (χ3v) is 3.71. The van der Waals surface area contributed by atoms with Crippen molar-refractivity contribution in [1.82, 2.24) is 19.7 Å². The molecule has 0 bridgehead atoms. The summed E-state index contributed by atoms with van der Waals surface area (Å²) in [6.45, 7) is 4.61. The van der Waals surface area contributed by atoms with Gasteiger partial charge >= 0.3 is 7.12 Å². The fourth-order valence-corrected chi connectivity index (χ4v) is 1.81. The molecule has 0 aromatic carbocycles. The summed E-state index contributed by atoms with van der Waals surface area (Å²) in [4.78, 5) is 7.98. The number of aryl methyl sites for hydroxylation is 1. The average molecular weight is 293 g/mol. The summed E-state index contributed by atoms with van der Waals surface area (Å²) >= 11 is 0. The molecule has 6 nitrogen and oxygen atoms in total. The molecule has 0 unspecified atom stereocenters. The Labute approximate surface area is 134 Å². The molecular formula is C14H19BN4O2. The number of hydrogen-bond donors (Lipinski definition) is 0. The van der Waals surface area contributed by atoms with Gasteiger partial charge in [0.25, 0.3) is 0 Å². The van der Waals surface area contributed by atoms with Gasteiger partial charge in [-0.25, -0.2) is 9.67 Å². The Bertz CT molecular complexity index is 929. The predicted octanol–water partition coefficient (Wildman–Crippen LogP) is 1.27. The SMILES string of the molecule is [2H]c1nc([2H])c(-n2nc(C([2H])([2H])[2H])c([2H])c2[2H])nc1B1OC(C)(C)C(C)(C)O1. The minimum Gasteiger partial charge on any atom is -0.398 e. The molecule has 7 heteroatoms. The number of nitrogens with zero attached hydrogens (tertiary/aromatic N) is 4. The molecule has 1 aliphatic heterocycles. The maximum absolute atomic E-state index is 8.04. The summed E-state index contributed by atoms with van der Waals surface area (Å²) in [6, 6.07) is -0.590. The van der Waals surface area contributed by atoms with Gasteiger partial charge < -0.3 is 9.31 Å². The van der Waals surface area contributed by atoms with Crippen LogP contribution in [0.3, 0.4) is 0 Å². The van der Waals surface area contributed by atoms with Crippen LogP contribution in [0.4, 0.5) is 0 Å². The highest BCUT2D eigenvalue weighted by molar-refractivity contribution is 6.61. The van der Waals surface area contributed by atoms with Crippen LogP contribution in [0.1, 0.15) is 43.0 Å². The Morgan fingerprint density at radius 3 is 2.57 bits per heavy atom. The summed E-state index contributed by atoms with van der Waals surface area (Å²) in [6.07, 6.45) is -1.38. The molecule has 2 aromatic rings. The largest absolute Gasteiger partial charge is 0.516 e. The van der Waals surface area contributed by atoms with Crippen LogP contribution in [0.25, 0.3) is 5.82 Å². The second kappa shape index (κ2) is 4.64. The molecule has 2 aromatic heterocycles. The van der Waals surface area contributed by atoms with E-state index in [1.807, 2.05) is 27.7 Å². The van der Waals surface area contributed by atoms with E-state index < -0.39 is 49.3 Å². The van der Waals surface area contributed by atoms with Crippen LogP contribution in [0.15, 0.2) is 24.6 Å². The summed E-state index contributed by atoms with van der Waals surface area (Å²) in [5.74, 6) is -0.283. The van der Waals surface area contributed by atoms with E-state index in [2.05, 4.69) is 15.1 Å². The normalized spacial score (nSPS) is 25.3. The maximum atomic E-state index is 8.04. The lowest BCUT2D eigenvalue weighted by Gasteiger charge is -2.32. The van der Waals surface area contributed by atoms with E-state index in [4.69, 9.17) is 18.9 Å². The quantitative estimate of drug-likeness (QED) is 0.780. The first-order valence-corrected chi connectivity index (χ1v) is 6.43. The molecule has 0 spiro atoms. The molecule has 3 rings (SSSR count). The van der Waals surface area contributed by atoms with Gasteiger partial charge in [0.05, 0.1) is 34.1 Å². The first-order valence-electron chi connectivity index (χ1n) is 9.93. The minimum atomic E-state index is -2.70. The zero-order valence-corrected chi connectivity index (χ0v) is 12.2. The number of aromatic nitrogens is 4. The molecule has 1 aliphatic rings. The molecule has 0 saturated carbocycles. The van der Waals surface area contributed by atoms with Crippen molar-refractivity contribution >= 4 is 12.7 Å². The Morgan fingerprint density at radius 1 is 1.24 bits per heavy atom. The van der Waals surface area contributed by atoms with Crippen LogP contribution in [0, 0.1) is 6.85 Å². The van der Waals surface area contributed by atoms with Crippen LogP contribution >= 0.6 is 0 Å². The monoisotopic (exact) mass is 293 g/mol. The molecule has 0 N–H and O–H groups in total. The lowest BCUT2D eigenvalue weighted by Crippen LogP contribution is -2.41. The van der Waals surface area contributed by atoms with E-state index in [1.54, 1.807) is 0 Å². The van der Waals surface area contributed by atoms with Gasteiger partial charge in [-0.3, -0.25) is 4.98 Å². The second-order valence-electron chi connectivity index (χ2n) is 5.74. The fourth-order valence-electron chi connectivity index (χ4n) is 1.81. The average Bonchev–Trinajstić information content (AvgIpc) is 2.93. The Morgan fingerprint density at radius 2 is 1.95 bits per heavy atom. The van der Waals surface area contributed by atoms with E-state index in [0.29, 0.717) is 0 Å². The van der Waals surface area contributed by atoms with Crippen molar-refractivity contribution < 1.29 is 18.9 Å². The second-order valence-corrected chi connectivity index (χ2v) is 5.74. The van der Waals surface area contributed by atoms with Gasteiger partial charge in [0.2, 0.25) is 0 Å². The van der Waals surface area contributed by atoms with Gasteiger partial charge in [-0.15, -0.1) is 0 Å².